The monoisotopic (exact) mass is 299 g/mol. The summed E-state index contributed by atoms with van der Waals surface area (Å²) in [6, 6.07) is 7.73. The summed E-state index contributed by atoms with van der Waals surface area (Å²) in [5, 5.41) is 3.10. The zero-order valence-electron chi connectivity index (χ0n) is 13.4. The fourth-order valence-corrected chi connectivity index (χ4v) is 2.28. The van der Waals surface area contributed by atoms with Gasteiger partial charge in [0.15, 0.2) is 6.29 Å². The van der Waals surface area contributed by atoms with E-state index in [0.29, 0.717) is 5.56 Å². The first kappa shape index (κ1) is 15.8. The molecule has 0 fully saturated rings. The van der Waals surface area contributed by atoms with Crippen molar-refractivity contribution in [2.45, 2.75) is 27.7 Å². The Morgan fingerprint density at radius 1 is 1.14 bits per heavy atom. The fraction of sp³-hybridized carbons (Fsp3) is 0.294. The summed E-state index contributed by atoms with van der Waals surface area (Å²) in [6.45, 7) is 7.89. The number of nitrogens with one attached hydrogen (secondary N) is 2. The van der Waals surface area contributed by atoms with Gasteiger partial charge in [0, 0.05) is 22.6 Å². The standard InChI is InChI=1S/C17H21N3O2/c1-11-5-6-16(7-12(11)2)18-9-17(22)19-20-13(3)8-15(10-21)14(20)4/h5-8,10,18H,9H2,1-4H3,(H,19,22). The first-order valence-corrected chi connectivity index (χ1v) is 7.17. The van der Waals surface area contributed by atoms with Gasteiger partial charge >= 0.3 is 0 Å². The van der Waals surface area contributed by atoms with Crippen LogP contribution in [0.1, 0.15) is 32.9 Å². The van der Waals surface area contributed by atoms with Gasteiger partial charge in [-0.25, -0.2) is 0 Å². The Bertz CT molecular complexity index is 717. The SMILES string of the molecule is Cc1ccc(NCC(=O)Nn2c(C)cc(C=O)c2C)cc1C. The summed E-state index contributed by atoms with van der Waals surface area (Å²) in [4.78, 5) is 23.0. The minimum atomic E-state index is -0.169. The van der Waals surface area contributed by atoms with Crippen LogP contribution in [-0.4, -0.2) is 23.4 Å². The van der Waals surface area contributed by atoms with E-state index in [2.05, 4.69) is 10.7 Å². The number of nitrogens with zero attached hydrogens (tertiary/aromatic N) is 1. The smallest absolute Gasteiger partial charge is 0.258 e. The molecule has 5 heteroatoms. The molecule has 1 aromatic heterocycles. The van der Waals surface area contributed by atoms with Gasteiger partial charge in [-0.3, -0.25) is 19.7 Å². The van der Waals surface area contributed by atoms with Crippen LogP contribution < -0.4 is 10.7 Å². The van der Waals surface area contributed by atoms with Crippen LogP contribution in [0.2, 0.25) is 0 Å². The summed E-state index contributed by atoms with van der Waals surface area (Å²) in [7, 11) is 0. The highest BCUT2D eigenvalue weighted by Gasteiger charge is 2.10. The van der Waals surface area contributed by atoms with E-state index in [0.717, 1.165) is 23.4 Å². The lowest BCUT2D eigenvalue weighted by atomic mass is 10.1. The Balaban J connectivity index is 2.00. The quantitative estimate of drug-likeness (QED) is 0.834. The number of carbonyl (C=O) groups excluding carboxylic acids is 2. The molecule has 0 saturated carbocycles. The van der Waals surface area contributed by atoms with Crippen molar-refractivity contribution in [3.05, 3.63) is 52.3 Å². The van der Waals surface area contributed by atoms with Crippen molar-refractivity contribution in [2.75, 3.05) is 17.3 Å². The van der Waals surface area contributed by atoms with Crippen molar-refractivity contribution < 1.29 is 9.59 Å². The molecule has 0 aliphatic carbocycles. The van der Waals surface area contributed by atoms with E-state index in [1.165, 1.54) is 11.1 Å². The largest absolute Gasteiger partial charge is 0.376 e. The van der Waals surface area contributed by atoms with Crippen LogP contribution in [-0.2, 0) is 4.79 Å². The summed E-state index contributed by atoms with van der Waals surface area (Å²) >= 11 is 0. The van der Waals surface area contributed by atoms with Crippen molar-refractivity contribution >= 4 is 17.9 Å². The number of rotatable bonds is 5. The Kier molecular flexibility index (Phi) is 4.65. The predicted octanol–water partition coefficient (Wildman–Crippen LogP) is 2.72. The number of carbonyl (C=O) groups is 2. The van der Waals surface area contributed by atoms with E-state index in [1.807, 2.05) is 39.0 Å². The maximum Gasteiger partial charge on any atom is 0.258 e. The van der Waals surface area contributed by atoms with Crippen LogP contribution in [0.15, 0.2) is 24.3 Å². The molecule has 2 aromatic rings. The lowest BCUT2D eigenvalue weighted by molar-refractivity contribution is -0.115. The summed E-state index contributed by atoms with van der Waals surface area (Å²) in [5.41, 5.74) is 8.22. The topological polar surface area (TPSA) is 63.1 Å². The van der Waals surface area contributed by atoms with Crippen molar-refractivity contribution in [3.8, 4) is 0 Å². The Hall–Kier alpha value is -2.56. The van der Waals surface area contributed by atoms with Crippen molar-refractivity contribution in [1.29, 1.82) is 0 Å². The van der Waals surface area contributed by atoms with Gasteiger partial charge < -0.3 is 5.32 Å². The second kappa shape index (κ2) is 6.47. The van der Waals surface area contributed by atoms with E-state index in [-0.39, 0.29) is 12.5 Å². The van der Waals surface area contributed by atoms with Crippen LogP contribution in [0, 0.1) is 27.7 Å². The number of amides is 1. The van der Waals surface area contributed by atoms with Gasteiger partial charge in [-0.1, -0.05) is 6.07 Å². The van der Waals surface area contributed by atoms with Crippen molar-refractivity contribution in [2.24, 2.45) is 0 Å². The molecule has 2 rings (SSSR count). The molecule has 0 saturated heterocycles. The van der Waals surface area contributed by atoms with Crippen LogP contribution in [0.3, 0.4) is 0 Å². The molecule has 0 aliphatic rings. The zero-order chi connectivity index (χ0) is 16.3. The van der Waals surface area contributed by atoms with E-state index in [1.54, 1.807) is 17.7 Å². The second-order valence-electron chi connectivity index (χ2n) is 5.47. The maximum absolute atomic E-state index is 12.1. The average Bonchev–Trinajstić information content (AvgIpc) is 2.76. The number of hydrogen-bond donors (Lipinski definition) is 2. The molecule has 0 aliphatic heterocycles. The summed E-state index contributed by atoms with van der Waals surface area (Å²) in [5.74, 6) is -0.169. The highest BCUT2D eigenvalue weighted by Crippen LogP contribution is 2.14. The van der Waals surface area contributed by atoms with Crippen molar-refractivity contribution in [3.63, 3.8) is 0 Å². The van der Waals surface area contributed by atoms with Crippen LogP contribution in [0.5, 0.6) is 0 Å². The number of aryl methyl sites for hydroxylation is 3. The molecule has 1 aromatic carbocycles. The molecule has 0 spiro atoms. The normalized spacial score (nSPS) is 10.4. The summed E-state index contributed by atoms with van der Waals surface area (Å²) < 4.78 is 1.63. The molecule has 2 N–H and O–H groups in total. The molecule has 5 nitrogen and oxygen atoms in total. The Morgan fingerprint density at radius 2 is 1.86 bits per heavy atom. The van der Waals surface area contributed by atoms with Gasteiger partial charge in [0.05, 0.1) is 6.54 Å². The molecule has 1 amide bonds. The predicted molar refractivity (Wildman–Crippen MR) is 88.1 cm³/mol. The first-order chi connectivity index (χ1) is 10.4. The van der Waals surface area contributed by atoms with Gasteiger partial charge in [-0.2, -0.15) is 0 Å². The first-order valence-electron chi connectivity index (χ1n) is 7.17. The van der Waals surface area contributed by atoms with Gasteiger partial charge in [0.1, 0.15) is 0 Å². The second-order valence-corrected chi connectivity index (χ2v) is 5.47. The Labute approximate surface area is 130 Å². The highest BCUT2D eigenvalue weighted by molar-refractivity contribution is 5.88. The van der Waals surface area contributed by atoms with E-state index >= 15 is 0 Å². The number of aldehydes is 1. The molecular weight excluding hydrogens is 278 g/mol. The zero-order valence-corrected chi connectivity index (χ0v) is 13.4. The lowest BCUT2D eigenvalue weighted by Crippen LogP contribution is -2.30. The van der Waals surface area contributed by atoms with Crippen molar-refractivity contribution in [1.82, 2.24) is 4.68 Å². The van der Waals surface area contributed by atoms with E-state index < -0.39 is 0 Å². The Morgan fingerprint density at radius 3 is 2.45 bits per heavy atom. The third kappa shape index (κ3) is 3.36. The maximum atomic E-state index is 12.1. The number of benzene rings is 1. The molecule has 0 radical (unpaired) electrons. The van der Waals surface area contributed by atoms with Crippen LogP contribution in [0.25, 0.3) is 0 Å². The van der Waals surface area contributed by atoms with Gasteiger partial charge in [-0.05, 0) is 57.0 Å². The van der Waals surface area contributed by atoms with Gasteiger partial charge in [0.25, 0.3) is 5.91 Å². The molecule has 1 heterocycles. The lowest BCUT2D eigenvalue weighted by Gasteiger charge is -2.13. The molecule has 22 heavy (non-hydrogen) atoms. The van der Waals surface area contributed by atoms with Crippen LogP contribution >= 0.6 is 0 Å². The number of aromatic nitrogens is 1. The average molecular weight is 299 g/mol. The summed E-state index contributed by atoms with van der Waals surface area (Å²) in [6.07, 6.45) is 0.790. The third-order valence-electron chi connectivity index (χ3n) is 3.79. The molecule has 0 atom stereocenters. The molecule has 0 bridgehead atoms. The molecule has 116 valence electrons. The van der Waals surface area contributed by atoms with Gasteiger partial charge in [0.2, 0.25) is 0 Å². The minimum Gasteiger partial charge on any atom is -0.376 e. The van der Waals surface area contributed by atoms with Gasteiger partial charge in [-0.15, -0.1) is 0 Å². The van der Waals surface area contributed by atoms with E-state index in [4.69, 9.17) is 0 Å². The fourth-order valence-electron chi connectivity index (χ4n) is 2.28. The molecular formula is C17H21N3O2. The third-order valence-corrected chi connectivity index (χ3v) is 3.79. The van der Waals surface area contributed by atoms with Crippen LogP contribution in [0.4, 0.5) is 5.69 Å². The number of anilines is 1. The highest BCUT2D eigenvalue weighted by atomic mass is 16.2. The molecule has 0 unspecified atom stereocenters. The van der Waals surface area contributed by atoms with E-state index in [9.17, 15) is 9.59 Å². The number of hydrogen-bond acceptors (Lipinski definition) is 3. The minimum absolute atomic E-state index is 0.163.